The van der Waals surface area contributed by atoms with Gasteiger partial charge in [0.05, 0.1) is 18.8 Å². The Morgan fingerprint density at radius 2 is 2.17 bits per heavy atom. The molecule has 1 aliphatic heterocycles. The largest absolute Gasteiger partial charge is 0.374 e. The summed E-state index contributed by atoms with van der Waals surface area (Å²) in [5.74, 6) is -0.828. The van der Waals surface area contributed by atoms with Crippen molar-refractivity contribution in [1.29, 1.82) is 0 Å². The summed E-state index contributed by atoms with van der Waals surface area (Å²) in [5.41, 5.74) is 0.341. The highest BCUT2D eigenvalue weighted by molar-refractivity contribution is 5.23. The van der Waals surface area contributed by atoms with Crippen molar-refractivity contribution in [2.75, 3.05) is 33.8 Å². The first kappa shape index (κ1) is 13.4. The first-order valence-electron chi connectivity index (χ1n) is 6.03. The lowest BCUT2D eigenvalue weighted by molar-refractivity contribution is -0.0222. The Morgan fingerprint density at radius 3 is 2.78 bits per heavy atom. The van der Waals surface area contributed by atoms with E-state index in [0.29, 0.717) is 18.7 Å². The Balaban J connectivity index is 2.31. The van der Waals surface area contributed by atoms with E-state index >= 15 is 0 Å². The molecule has 1 saturated heterocycles. The van der Waals surface area contributed by atoms with Gasteiger partial charge in [0.1, 0.15) is 11.6 Å². The maximum Gasteiger partial charge on any atom is 0.128 e. The molecule has 0 amide bonds. The summed E-state index contributed by atoms with van der Waals surface area (Å²) in [7, 11) is 3.68. The molecule has 0 aromatic heterocycles. The molecule has 1 N–H and O–H groups in total. The molecule has 2 atom stereocenters. The molecular formula is C13H18F2N2O. The number of hydrogen-bond acceptors (Lipinski definition) is 3. The number of rotatable bonds is 3. The van der Waals surface area contributed by atoms with Gasteiger partial charge in [0.25, 0.3) is 0 Å². The van der Waals surface area contributed by atoms with Crippen LogP contribution in [-0.2, 0) is 4.74 Å². The highest BCUT2D eigenvalue weighted by Gasteiger charge is 2.30. The average molecular weight is 256 g/mol. The van der Waals surface area contributed by atoms with Gasteiger partial charge in [-0.3, -0.25) is 4.90 Å². The van der Waals surface area contributed by atoms with Crippen LogP contribution >= 0.6 is 0 Å². The van der Waals surface area contributed by atoms with Crippen LogP contribution in [0.25, 0.3) is 0 Å². The van der Waals surface area contributed by atoms with Gasteiger partial charge in [-0.1, -0.05) is 0 Å². The monoisotopic (exact) mass is 256 g/mol. The highest BCUT2D eigenvalue weighted by atomic mass is 19.1. The minimum Gasteiger partial charge on any atom is -0.374 e. The summed E-state index contributed by atoms with van der Waals surface area (Å²) in [5, 5.41) is 3.21. The van der Waals surface area contributed by atoms with E-state index in [1.165, 1.54) is 6.07 Å². The summed E-state index contributed by atoms with van der Waals surface area (Å²) in [6.45, 7) is 2.02. The number of morpholine rings is 1. The number of nitrogens with one attached hydrogen (secondary N) is 1. The Hall–Kier alpha value is -1.04. The quantitative estimate of drug-likeness (QED) is 0.888. The van der Waals surface area contributed by atoms with Crippen molar-refractivity contribution < 1.29 is 13.5 Å². The number of nitrogens with zero attached hydrogens (tertiary/aromatic N) is 1. The van der Waals surface area contributed by atoms with Crippen molar-refractivity contribution in [3.63, 3.8) is 0 Å². The first-order chi connectivity index (χ1) is 8.59. The average Bonchev–Trinajstić information content (AvgIpc) is 2.35. The van der Waals surface area contributed by atoms with Crippen molar-refractivity contribution >= 4 is 0 Å². The molecule has 0 aliphatic carbocycles. The molecule has 0 bridgehead atoms. The molecular weight excluding hydrogens is 238 g/mol. The number of likely N-dealkylation sites (N-methyl/N-ethyl adjacent to an activating group) is 1. The SMILES string of the molecule is CN(C)C(c1cc(F)ccc1F)C1CNCCO1. The van der Waals surface area contributed by atoms with Crippen LogP contribution < -0.4 is 5.32 Å². The number of benzene rings is 1. The minimum absolute atomic E-state index is 0.176. The first-order valence-corrected chi connectivity index (χ1v) is 6.03. The molecule has 1 aliphatic rings. The van der Waals surface area contributed by atoms with Gasteiger partial charge in [0, 0.05) is 18.7 Å². The normalized spacial score (nSPS) is 22.2. The van der Waals surface area contributed by atoms with E-state index in [2.05, 4.69) is 5.32 Å². The van der Waals surface area contributed by atoms with Gasteiger partial charge in [-0.15, -0.1) is 0 Å². The van der Waals surface area contributed by atoms with E-state index in [4.69, 9.17) is 4.74 Å². The van der Waals surface area contributed by atoms with Crippen LogP contribution in [0.1, 0.15) is 11.6 Å². The zero-order valence-corrected chi connectivity index (χ0v) is 10.6. The van der Waals surface area contributed by atoms with Crippen molar-refractivity contribution in [2.24, 2.45) is 0 Å². The Labute approximate surface area is 106 Å². The van der Waals surface area contributed by atoms with Crippen LogP contribution in [0.2, 0.25) is 0 Å². The third kappa shape index (κ3) is 2.85. The summed E-state index contributed by atoms with van der Waals surface area (Å²) in [6, 6.07) is 3.24. The fourth-order valence-corrected chi connectivity index (χ4v) is 2.34. The van der Waals surface area contributed by atoms with Crippen LogP contribution in [-0.4, -0.2) is 44.8 Å². The predicted molar refractivity (Wildman–Crippen MR) is 65.4 cm³/mol. The van der Waals surface area contributed by atoms with Crippen molar-refractivity contribution in [1.82, 2.24) is 10.2 Å². The third-order valence-corrected chi connectivity index (χ3v) is 3.14. The molecule has 1 aromatic rings. The molecule has 18 heavy (non-hydrogen) atoms. The van der Waals surface area contributed by atoms with E-state index in [-0.39, 0.29) is 12.1 Å². The molecule has 1 aromatic carbocycles. The molecule has 5 heteroatoms. The van der Waals surface area contributed by atoms with Gasteiger partial charge >= 0.3 is 0 Å². The molecule has 1 heterocycles. The zero-order valence-electron chi connectivity index (χ0n) is 10.6. The van der Waals surface area contributed by atoms with Gasteiger partial charge in [-0.2, -0.15) is 0 Å². The summed E-state index contributed by atoms with van der Waals surface area (Å²) < 4.78 is 32.8. The lowest BCUT2D eigenvalue weighted by Gasteiger charge is -2.35. The van der Waals surface area contributed by atoms with Crippen LogP contribution in [0.3, 0.4) is 0 Å². The van der Waals surface area contributed by atoms with Crippen LogP contribution in [0.4, 0.5) is 8.78 Å². The molecule has 0 saturated carbocycles. The zero-order chi connectivity index (χ0) is 13.1. The van der Waals surface area contributed by atoms with E-state index in [1.807, 2.05) is 19.0 Å². The molecule has 3 nitrogen and oxygen atoms in total. The van der Waals surface area contributed by atoms with Crippen molar-refractivity contribution in [3.8, 4) is 0 Å². The van der Waals surface area contributed by atoms with E-state index in [9.17, 15) is 8.78 Å². The fraction of sp³-hybridized carbons (Fsp3) is 0.538. The standard InChI is InChI=1S/C13H18F2N2O/c1-17(2)13(12-8-16-5-6-18-12)10-7-9(14)3-4-11(10)15/h3-4,7,12-13,16H,5-6,8H2,1-2H3. The summed E-state index contributed by atoms with van der Waals surface area (Å²) in [6.07, 6.45) is -0.176. The lowest BCUT2D eigenvalue weighted by atomic mass is 9.98. The highest BCUT2D eigenvalue weighted by Crippen LogP contribution is 2.27. The molecule has 0 spiro atoms. The maximum atomic E-state index is 13.9. The van der Waals surface area contributed by atoms with Gasteiger partial charge in [0.15, 0.2) is 0 Å². The van der Waals surface area contributed by atoms with Crippen LogP contribution in [0.15, 0.2) is 18.2 Å². The predicted octanol–water partition coefficient (Wildman–Crippen LogP) is 1.56. The van der Waals surface area contributed by atoms with Gasteiger partial charge < -0.3 is 10.1 Å². The van der Waals surface area contributed by atoms with Crippen molar-refractivity contribution in [2.45, 2.75) is 12.1 Å². The Bertz CT molecular complexity index is 406. The van der Waals surface area contributed by atoms with E-state index < -0.39 is 11.6 Å². The van der Waals surface area contributed by atoms with Crippen LogP contribution in [0.5, 0.6) is 0 Å². The second-order valence-electron chi connectivity index (χ2n) is 4.69. The summed E-state index contributed by atoms with van der Waals surface area (Å²) >= 11 is 0. The molecule has 0 radical (unpaired) electrons. The van der Waals surface area contributed by atoms with E-state index in [1.54, 1.807) is 0 Å². The van der Waals surface area contributed by atoms with Gasteiger partial charge in [-0.05, 0) is 32.3 Å². The second kappa shape index (κ2) is 5.73. The van der Waals surface area contributed by atoms with E-state index in [0.717, 1.165) is 18.7 Å². The number of ether oxygens (including phenoxy) is 1. The molecule has 100 valence electrons. The minimum atomic E-state index is -0.429. The van der Waals surface area contributed by atoms with Crippen LogP contribution in [0, 0.1) is 11.6 Å². The van der Waals surface area contributed by atoms with Gasteiger partial charge in [-0.25, -0.2) is 8.78 Å². The second-order valence-corrected chi connectivity index (χ2v) is 4.69. The Kier molecular flexibility index (Phi) is 4.27. The number of hydrogen-bond donors (Lipinski definition) is 1. The molecule has 2 rings (SSSR count). The maximum absolute atomic E-state index is 13.9. The fourth-order valence-electron chi connectivity index (χ4n) is 2.34. The van der Waals surface area contributed by atoms with Crippen molar-refractivity contribution in [3.05, 3.63) is 35.4 Å². The Morgan fingerprint density at radius 1 is 1.39 bits per heavy atom. The summed E-state index contributed by atoms with van der Waals surface area (Å²) in [4.78, 5) is 1.86. The topological polar surface area (TPSA) is 24.5 Å². The molecule has 2 unspecified atom stereocenters. The molecule has 1 fully saturated rings. The lowest BCUT2D eigenvalue weighted by Crippen LogP contribution is -2.46. The smallest absolute Gasteiger partial charge is 0.128 e. The number of halogens is 2. The van der Waals surface area contributed by atoms with Gasteiger partial charge in [0.2, 0.25) is 0 Å². The third-order valence-electron chi connectivity index (χ3n) is 3.14.